The predicted octanol–water partition coefficient (Wildman–Crippen LogP) is 4.04. The van der Waals surface area contributed by atoms with Gasteiger partial charge in [0.15, 0.2) is 0 Å². The molecule has 0 fully saturated rings. The molecule has 0 spiro atoms. The first kappa shape index (κ1) is 10.5. The first-order valence-corrected chi connectivity index (χ1v) is 5.24. The summed E-state index contributed by atoms with van der Waals surface area (Å²) in [6, 6.07) is 17.8. The maximum absolute atomic E-state index is 5.65. The maximum Gasteiger partial charge on any atom is 0.127 e. The second kappa shape index (κ2) is 4.67. The van der Waals surface area contributed by atoms with Crippen LogP contribution in [0.4, 0.5) is 0 Å². The minimum atomic E-state index is 0.672. The molecule has 0 aliphatic rings. The third-order valence-electron chi connectivity index (χ3n) is 2.36. The molecule has 80 valence electrons. The van der Waals surface area contributed by atoms with Gasteiger partial charge >= 0.3 is 0 Å². The Kier molecular flexibility index (Phi) is 3.06. The van der Waals surface area contributed by atoms with Crippen LogP contribution in [0.2, 0.25) is 0 Å². The summed E-state index contributed by atoms with van der Waals surface area (Å²) in [6.45, 7) is 5.99. The SMILES string of the molecule is C=C(Oc1ccccc1)c1ccc(C)cc1. The standard InChI is InChI=1S/C15H14O/c1-12-8-10-14(11-9-12)13(2)16-15-6-4-3-5-7-15/h3-11H,2H2,1H3. The molecule has 1 nitrogen and oxygen atoms in total. The van der Waals surface area contributed by atoms with Crippen LogP contribution in [-0.4, -0.2) is 0 Å². The molecule has 0 radical (unpaired) electrons. The Bertz CT molecular complexity index is 469. The molecule has 16 heavy (non-hydrogen) atoms. The minimum absolute atomic E-state index is 0.672. The second-order valence-corrected chi connectivity index (χ2v) is 3.70. The molecule has 0 saturated heterocycles. The summed E-state index contributed by atoms with van der Waals surface area (Å²) in [5, 5.41) is 0. The molecule has 0 aliphatic carbocycles. The lowest BCUT2D eigenvalue weighted by molar-refractivity contribution is 0.517. The van der Waals surface area contributed by atoms with Crippen LogP contribution in [0.3, 0.4) is 0 Å². The highest BCUT2D eigenvalue weighted by molar-refractivity contribution is 5.59. The van der Waals surface area contributed by atoms with E-state index in [0.29, 0.717) is 5.76 Å². The van der Waals surface area contributed by atoms with Crippen molar-refractivity contribution in [3.63, 3.8) is 0 Å². The molecule has 1 heteroatoms. The van der Waals surface area contributed by atoms with E-state index in [1.807, 2.05) is 42.5 Å². The lowest BCUT2D eigenvalue weighted by Gasteiger charge is -2.08. The van der Waals surface area contributed by atoms with Crippen molar-refractivity contribution in [1.82, 2.24) is 0 Å². The monoisotopic (exact) mass is 210 g/mol. The topological polar surface area (TPSA) is 9.23 Å². The number of hydrogen-bond acceptors (Lipinski definition) is 1. The molecule has 0 N–H and O–H groups in total. The van der Waals surface area contributed by atoms with Crippen LogP contribution in [0.1, 0.15) is 11.1 Å². The third kappa shape index (κ3) is 2.51. The van der Waals surface area contributed by atoms with E-state index in [-0.39, 0.29) is 0 Å². The summed E-state index contributed by atoms with van der Waals surface area (Å²) >= 11 is 0. The van der Waals surface area contributed by atoms with Crippen molar-refractivity contribution in [3.05, 3.63) is 72.3 Å². The van der Waals surface area contributed by atoms with Gasteiger partial charge in [-0.25, -0.2) is 0 Å². The molecule has 2 rings (SSSR count). The van der Waals surface area contributed by atoms with Crippen molar-refractivity contribution in [2.75, 3.05) is 0 Å². The summed E-state index contributed by atoms with van der Waals surface area (Å²) in [6.07, 6.45) is 0. The maximum atomic E-state index is 5.65. The van der Waals surface area contributed by atoms with E-state index in [1.54, 1.807) is 0 Å². The van der Waals surface area contributed by atoms with Gasteiger partial charge in [-0.05, 0) is 19.1 Å². The van der Waals surface area contributed by atoms with Crippen LogP contribution in [0, 0.1) is 6.92 Å². The molecule has 0 saturated carbocycles. The molecule has 0 atom stereocenters. The molecule has 0 aliphatic heterocycles. The van der Waals surface area contributed by atoms with Crippen LogP contribution in [0.15, 0.2) is 61.2 Å². The van der Waals surface area contributed by atoms with Crippen molar-refractivity contribution in [3.8, 4) is 5.75 Å². The van der Waals surface area contributed by atoms with Crippen molar-refractivity contribution >= 4 is 5.76 Å². The van der Waals surface area contributed by atoms with Crippen LogP contribution >= 0.6 is 0 Å². The summed E-state index contributed by atoms with van der Waals surface area (Å²) in [5.41, 5.74) is 2.24. The molecule has 0 aromatic heterocycles. The van der Waals surface area contributed by atoms with Gasteiger partial charge in [0, 0.05) is 5.56 Å². The van der Waals surface area contributed by atoms with E-state index in [0.717, 1.165) is 11.3 Å². The van der Waals surface area contributed by atoms with Gasteiger partial charge in [-0.1, -0.05) is 54.6 Å². The zero-order valence-electron chi connectivity index (χ0n) is 9.31. The second-order valence-electron chi connectivity index (χ2n) is 3.70. The normalized spacial score (nSPS) is 9.81. The molecule has 0 unspecified atom stereocenters. The first-order chi connectivity index (χ1) is 7.75. The molecule has 0 bridgehead atoms. The molecular weight excluding hydrogens is 196 g/mol. The van der Waals surface area contributed by atoms with Crippen LogP contribution < -0.4 is 4.74 Å². The van der Waals surface area contributed by atoms with E-state index in [2.05, 4.69) is 25.6 Å². The summed E-state index contributed by atoms with van der Waals surface area (Å²) < 4.78 is 5.65. The molecule has 2 aromatic rings. The highest BCUT2D eigenvalue weighted by Gasteiger charge is 2.00. The molecule has 2 aromatic carbocycles. The van der Waals surface area contributed by atoms with E-state index in [1.165, 1.54) is 5.56 Å². The summed E-state index contributed by atoms with van der Waals surface area (Å²) in [7, 11) is 0. The van der Waals surface area contributed by atoms with Gasteiger partial charge in [0.2, 0.25) is 0 Å². The van der Waals surface area contributed by atoms with Gasteiger partial charge in [0.1, 0.15) is 11.5 Å². The summed E-state index contributed by atoms with van der Waals surface area (Å²) in [5.74, 6) is 1.49. The number of aryl methyl sites for hydroxylation is 1. The quantitative estimate of drug-likeness (QED) is 0.694. The molecular formula is C15H14O. The van der Waals surface area contributed by atoms with E-state index in [4.69, 9.17) is 4.74 Å². The highest BCUT2D eigenvalue weighted by Crippen LogP contribution is 2.19. The van der Waals surface area contributed by atoms with Gasteiger partial charge in [-0.2, -0.15) is 0 Å². The van der Waals surface area contributed by atoms with Gasteiger partial charge < -0.3 is 4.74 Å². The van der Waals surface area contributed by atoms with Crippen molar-refractivity contribution in [2.45, 2.75) is 6.92 Å². The number of para-hydroxylation sites is 1. The first-order valence-electron chi connectivity index (χ1n) is 5.24. The highest BCUT2D eigenvalue weighted by atomic mass is 16.5. The third-order valence-corrected chi connectivity index (χ3v) is 2.36. The van der Waals surface area contributed by atoms with Gasteiger partial charge in [0.25, 0.3) is 0 Å². The Hall–Kier alpha value is -2.02. The van der Waals surface area contributed by atoms with E-state index in [9.17, 15) is 0 Å². The number of benzene rings is 2. The average molecular weight is 210 g/mol. The predicted molar refractivity (Wildman–Crippen MR) is 67.3 cm³/mol. The fraction of sp³-hybridized carbons (Fsp3) is 0.0667. The van der Waals surface area contributed by atoms with E-state index >= 15 is 0 Å². The summed E-state index contributed by atoms with van der Waals surface area (Å²) in [4.78, 5) is 0. The Morgan fingerprint density at radius 2 is 1.56 bits per heavy atom. The van der Waals surface area contributed by atoms with Crippen LogP contribution in [0.25, 0.3) is 5.76 Å². The lowest BCUT2D eigenvalue weighted by Crippen LogP contribution is -1.92. The Morgan fingerprint density at radius 3 is 2.19 bits per heavy atom. The zero-order valence-corrected chi connectivity index (χ0v) is 9.31. The van der Waals surface area contributed by atoms with Gasteiger partial charge in [-0.3, -0.25) is 0 Å². The number of rotatable bonds is 3. The minimum Gasteiger partial charge on any atom is -0.457 e. The van der Waals surface area contributed by atoms with Crippen LogP contribution in [0.5, 0.6) is 5.75 Å². The van der Waals surface area contributed by atoms with Crippen molar-refractivity contribution < 1.29 is 4.74 Å². The largest absolute Gasteiger partial charge is 0.457 e. The number of ether oxygens (including phenoxy) is 1. The Labute approximate surface area is 96.0 Å². The Morgan fingerprint density at radius 1 is 0.938 bits per heavy atom. The molecule has 0 amide bonds. The van der Waals surface area contributed by atoms with Crippen molar-refractivity contribution in [1.29, 1.82) is 0 Å². The fourth-order valence-corrected chi connectivity index (χ4v) is 1.43. The Balaban J connectivity index is 2.12. The lowest BCUT2D eigenvalue weighted by atomic mass is 10.1. The smallest absolute Gasteiger partial charge is 0.127 e. The number of hydrogen-bond donors (Lipinski definition) is 0. The van der Waals surface area contributed by atoms with Crippen molar-refractivity contribution in [2.24, 2.45) is 0 Å². The van der Waals surface area contributed by atoms with E-state index < -0.39 is 0 Å². The zero-order chi connectivity index (χ0) is 11.4. The van der Waals surface area contributed by atoms with Crippen LogP contribution in [-0.2, 0) is 0 Å². The molecule has 0 heterocycles. The van der Waals surface area contributed by atoms with Gasteiger partial charge in [0.05, 0.1) is 0 Å². The average Bonchev–Trinajstić information content (AvgIpc) is 2.31. The van der Waals surface area contributed by atoms with Gasteiger partial charge in [-0.15, -0.1) is 0 Å². The fourth-order valence-electron chi connectivity index (χ4n) is 1.43.